The molecule has 18 heteroatoms. The van der Waals surface area contributed by atoms with Gasteiger partial charge in [-0.15, -0.1) is 0 Å². The number of amides is 3. The molecule has 1 fully saturated rings. The second-order valence-corrected chi connectivity index (χ2v) is 10.8. The molecule has 2 aromatic rings. The van der Waals surface area contributed by atoms with Crippen molar-refractivity contribution in [1.29, 1.82) is 0 Å². The molecule has 1 saturated heterocycles. The average Bonchev–Trinajstić information content (AvgIpc) is 2.96. The minimum absolute atomic E-state index is 0.0325. The zero-order valence-electron chi connectivity index (χ0n) is 23.8. The minimum Gasteiger partial charge on any atom is -0.467 e. The van der Waals surface area contributed by atoms with Gasteiger partial charge in [-0.05, 0) is 26.8 Å². The van der Waals surface area contributed by atoms with Crippen LogP contribution in [0.15, 0.2) is 12.1 Å². The highest BCUT2D eigenvalue weighted by atomic mass is 19.3. The number of alkyl halides is 2. The molecule has 0 bridgehead atoms. The zero-order valence-corrected chi connectivity index (χ0v) is 23.8. The number of esters is 1. The molecule has 0 spiro atoms. The van der Waals surface area contributed by atoms with Crippen LogP contribution in [0.5, 0.6) is 5.75 Å². The first-order valence-electron chi connectivity index (χ1n) is 12.9. The first-order chi connectivity index (χ1) is 20.8. The number of carbonyl (C=O) groups excluding carboxylic acids is 4. The first-order valence-corrected chi connectivity index (χ1v) is 12.9. The van der Waals surface area contributed by atoms with Gasteiger partial charge in [0.15, 0.2) is 29.0 Å². The van der Waals surface area contributed by atoms with E-state index in [1.807, 2.05) is 0 Å². The molecule has 4 rings (SSSR count). The highest BCUT2D eigenvalue weighted by Gasteiger charge is 2.52. The quantitative estimate of drug-likeness (QED) is 0.212. The third-order valence-electron chi connectivity index (χ3n) is 6.67. The van der Waals surface area contributed by atoms with Crippen molar-refractivity contribution in [2.24, 2.45) is 0 Å². The van der Waals surface area contributed by atoms with E-state index in [0.29, 0.717) is 6.07 Å². The molecule has 2 aliphatic rings. The lowest BCUT2D eigenvalue weighted by molar-refractivity contribution is -0.193. The van der Waals surface area contributed by atoms with E-state index in [2.05, 4.69) is 4.74 Å². The van der Waals surface area contributed by atoms with Crippen molar-refractivity contribution in [1.82, 2.24) is 9.80 Å². The topological polar surface area (TPSA) is 106 Å². The number of fused-ring (bicyclic) bond motifs is 1. The summed E-state index contributed by atoms with van der Waals surface area (Å²) in [6.07, 6.45) is -5.55. The van der Waals surface area contributed by atoms with E-state index < -0.39 is 119 Å². The Bertz CT molecular complexity index is 1570. The van der Waals surface area contributed by atoms with E-state index in [9.17, 15) is 54.3 Å². The Morgan fingerprint density at radius 1 is 0.956 bits per heavy atom. The lowest BCUT2D eigenvalue weighted by Crippen LogP contribution is -2.62. The summed E-state index contributed by atoms with van der Waals surface area (Å²) in [5.74, 6) is -19.7. The molecule has 2 heterocycles. The number of piperazine rings is 1. The van der Waals surface area contributed by atoms with Gasteiger partial charge in [0, 0.05) is 24.7 Å². The molecule has 45 heavy (non-hydrogen) atoms. The number of anilines is 1. The third kappa shape index (κ3) is 6.17. The van der Waals surface area contributed by atoms with Crippen molar-refractivity contribution >= 4 is 29.6 Å². The van der Waals surface area contributed by atoms with Crippen molar-refractivity contribution < 1.29 is 68.5 Å². The lowest BCUT2D eigenvalue weighted by Gasteiger charge is -2.41. The van der Waals surface area contributed by atoms with Gasteiger partial charge >= 0.3 is 24.1 Å². The smallest absolute Gasteiger partial charge is 0.467 e. The van der Waals surface area contributed by atoms with Crippen LogP contribution in [0.1, 0.15) is 20.8 Å². The Morgan fingerprint density at radius 3 is 2.09 bits per heavy atom. The SMILES string of the molecule is COC(=O)[C@@H]1CN(C(=O)OC(C)(C)C)CCN1C(=O)CN1C(=O)C(F)(F)Oc2cc(F)c(-c3c(F)c(F)c(F)c(F)c3F)cc21. The van der Waals surface area contributed by atoms with E-state index in [1.54, 1.807) is 20.8 Å². The summed E-state index contributed by atoms with van der Waals surface area (Å²) in [7, 11) is 0.967. The maximum absolute atomic E-state index is 14.9. The largest absolute Gasteiger partial charge is 0.482 e. The second-order valence-electron chi connectivity index (χ2n) is 10.8. The average molecular weight is 653 g/mol. The predicted octanol–water partition coefficient (Wildman–Crippen LogP) is 4.13. The molecule has 0 radical (unpaired) electrons. The van der Waals surface area contributed by atoms with E-state index >= 15 is 0 Å². The molecule has 244 valence electrons. The van der Waals surface area contributed by atoms with Crippen LogP contribution in [0, 0.1) is 34.9 Å². The Balaban J connectivity index is 1.73. The van der Waals surface area contributed by atoms with Gasteiger partial charge in [0.05, 0.1) is 24.9 Å². The highest BCUT2D eigenvalue weighted by Crippen LogP contribution is 2.44. The standard InChI is InChI=1S/C27H23F8N3O7/c1-26(2,3)45-25(42)36-5-6-37(14(9-36)23(40)43-4)16(39)10-38-13-7-11(12(28)8-15(13)44-27(34,35)24(38)41)17-18(29)20(31)22(33)21(32)19(17)30/h7-8,14H,5-6,9-10H2,1-4H3/t14-/m0/s1. The van der Waals surface area contributed by atoms with E-state index in [-0.39, 0.29) is 17.5 Å². The summed E-state index contributed by atoms with van der Waals surface area (Å²) in [6.45, 7) is 2.36. The molecule has 1 atom stereocenters. The van der Waals surface area contributed by atoms with Gasteiger partial charge < -0.3 is 24.0 Å². The van der Waals surface area contributed by atoms with Gasteiger partial charge in [0.1, 0.15) is 24.0 Å². The molecule has 0 aromatic heterocycles. The van der Waals surface area contributed by atoms with E-state index in [1.165, 1.54) is 0 Å². The summed E-state index contributed by atoms with van der Waals surface area (Å²) in [5, 5.41) is 0. The Morgan fingerprint density at radius 2 is 1.53 bits per heavy atom. The maximum atomic E-state index is 14.9. The molecule has 0 unspecified atom stereocenters. The number of carbonyl (C=O) groups is 4. The van der Waals surface area contributed by atoms with E-state index in [0.717, 1.165) is 16.9 Å². The number of benzene rings is 2. The van der Waals surface area contributed by atoms with Gasteiger partial charge in [-0.3, -0.25) is 14.5 Å². The minimum atomic E-state index is -4.71. The predicted molar refractivity (Wildman–Crippen MR) is 135 cm³/mol. The van der Waals surface area contributed by atoms with E-state index in [4.69, 9.17) is 9.47 Å². The van der Waals surface area contributed by atoms with Gasteiger partial charge in [0.2, 0.25) is 11.7 Å². The summed E-state index contributed by atoms with van der Waals surface area (Å²) < 4.78 is 129. The van der Waals surface area contributed by atoms with Crippen molar-refractivity contribution in [2.75, 3.05) is 38.2 Å². The van der Waals surface area contributed by atoms with Crippen LogP contribution in [0.4, 0.5) is 45.6 Å². The van der Waals surface area contributed by atoms with Gasteiger partial charge in [0.25, 0.3) is 0 Å². The summed E-state index contributed by atoms with van der Waals surface area (Å²) >= 11 is 0. The lowest BCUT2D eigenvalue weighted by atomic mass is 10.0. The first kappa shape index (κ1) is 33.3. The number of nitrogens with zero attached hydrogens (tertiary/aromatic N) is 3. The van der Waals surface area contributed by atoms with Crippen LogP contribution in [0.2, 0.25) is 0 Å². The number of hydrogen-bond donors (Lipinski definition) is 0. The Hall–Kier alpha value is -4.64. The molecule has 10 nitrogen and oxygen atoms in total. The van der Waals surface area contributed by atoms with Crippen LogP contribution in [-0.4, -0.2) is 84.7 Å². The number of rotatable bonds is 4. The van der Waals surface area contributed by atoms with Gasteiger partial charge in [-0.2, -0.15) is 8.78 Å². The van der Waals surface area contributed by atoms with Crippen molar-refractivity contribution in [3.63, 3.8) is 0 Å². The molecule has 2 aliphatic heterocycles. The fraction of sp³-hybridized carbons (Fsp3) is 0.407. The normalized spacial score (nSPS) is 17.9. The summed E-state index contributed by atoms with van der Waals surface area (Å²) in [4.78, 5) is 53.1. The monoisotopic (exact) mass is 653 g/mol. The van der Waals surface area contributed by atoms with Gasteiger partial charge in [-0.25, -0.2) is 35.9 Å². The fourth-order valence-electron chi connectivity index (χ4n) is 4.61. The molecular weight excluding hydrogens is 630 g/mol. The number of ether oxygens (including phenoxy) is 3. The van der Waals surface area contributed by atoms with Crippen LogP contribution in [0.3, 0.4) is 0 Å². The molecular formula is C27H23F8N3O7. The van der Waals surface area contributed by atoms with Crippen LogP contribution < -0.4 is 9.64 Å². The van der Waals surface area contributed by atoms with Gasteiger partial charge in [-0.1, -0.05) is 0 Å². The highest BCUT2D eigenvalue weighted by molar-refractivity contribution is 6.05. The summed E-state index contributed by atoms with van der Waals surface area (Å²) in [5.41, 5.74) is -4.96. The molecule has 0 saturated carbocycles. The second kappa shape index (κ2) is 11.7. The maximum Gasteiger partial charge on any atom is 0.482 e. The van der Waals surface area contributed by atoms with Crippen LogP contribution >= 0.6 is 0 Å². The molecule has 3 amide bonds. The number of methoxy groups -OCH3 is 1. The Labute approximate surface area is 249 Å². The summed E-state index contributed by atoms with van der Waals surface area (Å²) in [6, 6.07) is -1.11. The Kier molecular flexibility index (Phi) is 8.65. The number of hydrogen-bond acceptors (Lipinski definition) is 7. The molecule has 0 N–H and O–H groups in total. The van der Waals surface area contributed by atoms with Crippen LogP contribution in [0.25, 0.3) is 11.1 Å². The van der Waals surface area contributed by atoms with Crippen molar-refractivity contribution in [3.05, 3.63) is 47.0 Å². The molecule has 2 aromatic carbocycles. The van der Waals surface area contributed by atoms with Crippen molar-refractivity contribution in [2.45, 2.75) is 38.5 Å². The number of halogens is 8. The zero-order chi connectivity index (χ0) is 33.8. The third-order valence-corrected chi connectivity index (χ3v) is 6.67. The van der Waals surface area contributed by atoms with Crippen molar-refractivity contribution in [3.8, 4) is 16.9 Å². The molecule has 0 aliphatic carbocycles. The fourth-order valence-corrected chi connectivity index (χ4v) is 4.61. The van der Waals surface area contributed by atoms with Crippen LogP contribution in [-0.2, 0) is 23.9 Å².